The molecule has 0 saturated heterocycles. The molecule has 0 radical (unpaired) electrons. The summed E-state index contributed by atoms with van der Waals surface area (Å²) in [5.41, 5.74) is 1.53. The van der Waals surface area contributed by atoms with E-state index in [-0.39, 0.29) is 29.5 Å². The van der Waals surface area contributed by atoms with Crippen LogP contribution in [0.4, 0.5) is 4.79 Å². The fraction of sp³-hybridized carbons (Fsp3) is 0.654. The van der Waals surface area contributed by atoms with Gasteiger partial charge in [0.15, 0.2) is 0 Å². The van der Waals surface area contributed by atoms with Gasteiger partial charge < -0.3 is 20.3 Å². The summed E-state index contributed by atoms with van der Waals surface area (Å²) >= 11 is 4.34. The standard InChI is InChI=1S/C26H41N3O4S/c1-15-10-11-16(2)18(12-15)21(22(30)28-25(4,5)6)29(20-13-17(20)3)23(31)19(14-34)27-24(32)33-26(7,8)9/h10-12,17,19-21,34H,13-14H2,1-9H3,(H,27,32)(H,28,30). The number of hydrogen-bond donors (Lipinski definition) is 3. The highest BCUT2D eigenvalue weighted by Crippen LogP contribution is 2.41. The molecule has 1 aromatic carbocycles. The van der Waals surface area contributed by atoms with Crippen LogP contribution < -0.4 is 10.6 Å². The molecule has 1 aliphatic carbocycles. The van der Waals surface area contributed by atoms with Crippen molar-refractivity contribution in [1.82, 2.24) is 15.5 Å². The Labute approximate surface area is 209 Å². The normalized spacial score (nSPS) is 19.6. The number of carbonyl (C=O) groups excluding carboxylic acids is 3. The number of hydrogen-bond acceptors (Lipinski definition) is 5. The first-order valence-electron chi connectivity index (χ1n) is 11.9. The molecule has 4 unspecified atom stereocenters. The molecule has 2 rings (SSSR count). The fourth-order valence-corrected chi connectivity index (χ4v) is 4.14. The predicted octanol–water partition coefficient (Wildman–Crippen LogP) is 4.32. The Hall–Kier alpha value is -2.22. The summed E-state index contributed by atoms with van der Waals surface area (Å²) in [7, 11) is 0. The number of nitrogens with zero attached hydrogens (tertiary/aromatic N) is 1. The Balaban J connectivity index is 2.51. The Kier molecular flexibility index (Phi) is 8.72. The van der Waals surface area contributed by atoms with E-state index in [2.05, 4.69) is 30.2 Å². The molecule has 1 aliphatic rings. The molecule has 7 nitrogen and oxygen atoms in total. The van der Waals surface area contributed by atoms with Gasteiger partial charge in [0.1, 0.15) is 17.7 Å². The smallest absolute Gasteiger partial charge is 0.408 e. The van der Waals surface area contributed by atoms with Crippen molar-refractivity contribution in [2.24, 2.45) is 5.92 Å². The number of alkyl carbamates (subject to hydrolysis) is 1. The molecule has 1 aromatic rings. The van der Waals surface area contributed by atoms with E-state index in [1.165, 1.54) is 0 Å². The summed E-state index contributed by atoms with van der Waals surface area (Å²) in [6.45, 7) is 17.0. The topological polar surface area (TPSA) is 87.7 Å². The number of aryl methyl sites for hydroxylation is 2. The minimum absolute atomic E-state index is 0.0795. The third kappa shape index (κ3) is 7.65. The monoisotopic (exact) mass is 491 g/mol. The number of rotatable bonds is 7. The van der Waals surface area contributed by atoms with Crippen LogP contribution in [0.2, 0.25) is 0 Å². The maximum Gasteiger partial charge on any atom is 0.408 e. The molecule has 1 saturated carbocycles. The number of benzene rings is 1. The highest BCUT2D eigenvalue weighted by atomic mass is 32.1. The van der Waals surface area contributed by atoms with Crippen LogP contribution >= 0.6 is 12.6 Å². The van der Waals surface area contributed by atoms with E-state index in [0.29, 0.717) is 0 Å². The lowest BCUT2D eigenvalue weighted by atomic mass is 9.95. The minimum atomic E-state index is -0.930. The number of carbonyl (C=O) groups is 3. The third-order valence-corrected chi connectivity index (χ3v) is 5.97. The van der Waals surface area contributed by atoms with Crippen LogP contribution in [0.1, 0.15) is 77.6 Å². The van der Waals surface area contributed by atoms with Gasteiger partial charge in [-0.05, 0) is 78.9 Å². The first-order valence-corrected chi connectivity index (χ1v) is 12.5. The largest absolute Gasteiger partial charge is 0.444 e. The highest BCUT2D eigenvalue weighted by molar-refractivity contribution is 7.80. The van der Waals surface area contributed by atoms with Crippen molar-refractivity contribution < 1.29 is 19.1 Å². The molecular formula is C26H41N3O4S. The summed E-state index contributed by atoms with van der Waals surface area (Å²) in [6.07, 6.45) is 0.105. The Morgan fingerprint density at radius 2 is 1.74 bits per heavy atom. The summed E-state index contributed by atoms with van der Waals surface area (Å²) in [5, 5.41) is 5.72. The summed E-state index contributed by atoms with van der Waals surface area (Å²) in [6, 6.07) is 4.06. The highest BCUT2D eigenvalue weighted by Gasteiger charge is 2.48. The van der Waals surface area contributed by atoms with Crippen LogP contribution in [0.15, 0.2) is 18.2 Å². The number of thiol groups is 1. The third-order valence-electron chi connectivity index (χ3n) is 5.60. The number of ether oxygens (including phenoxy) is 1. The molecule has 0 bridgehead atoms. The van der Waals surface area contributed by atoms with E-state index in [1.807, 2.05) is 52.8 Å². The molecule has 0 aromatic heterocycles. The molecule has 2 N–H and O–H groups in total. The zero-order valence-corrected chi connectivity index (χ0v) is 22.9. The average Bonchev–Trinajstić information content (AvgIpc) is 3.38. The number of amides is 3. The molecule has 3 amide bonds. The Morgan fingerprint density at radius 1 is 1.15 bits per heavy atom. The lowest BCUT2D eigenvalue weighted by Gasteiger charge is -2.37. The van der Waals surface area contributed by atoms with Gasteiger partial charge in [0.25, 0.3) is 0 Å². The van der Waals surface area contributed by atoms with Gasteiger partial charge in [-0.25, -0.2) is 4.79 Å². The van der Waals surface area contributed by atoms with Gasteiger partial charge >= 0.3 is 6.09 Å². The quantitative estimate of drug-likeness (QED) is 0.496. The summed E-state index contributed by atoms with van der Waals surface area (Å²) in [5.74, 6) is -0.258. The summed E-state index contributed by atoms with van der Waals surface area (Å²) in [4.78, 5) is 41.7. The second-order valence-electron chi connectivity index (χ2n) is 11.4. The van der Waals surface area contributed by atoms with E-state index < -0.39 is 29.3 Å². The van der Waals surface area contributed by atoms with E-state index in [1.54, 1.807) is 25.7 Å². The molecule has 0 heterocycles. The van der Waals surface area contributed by atoms with E-state index >= 15 is 0 Å². The molecule has 190 valence electrons. The van der Waals surface area contributed by atoms with Crippen LogP contribution in [0.5, 0.6) is 0 Å². The van der Waals surface area contributed by atoms with Crippen molar-refractivity contribution >= 4 is 30.5 Å². The Bertz CT molecular complexity index is 920. The zero-order chi connectivity index (χ0) is 26.0. The van der Waals surface area contributed by atoms with Crippen LogP contribution in [0, 0.1) is 19.8 Å². The van der Waals surface area contributed by atoms with E-state index in [9.17, 15) is 14.4 Å². The molecule has 0 aliphatic heterocycles. The predicted molar refractivity (Wildman–Crippen MR) is 138 cm³/mol. The van der Waals surface area contributed by atoms with Crippen molar-refractivity contribution in [3.8, 4) is 0 Å². The second-order valence-corrected chi connectivity index (χ2v) is 11.8. The molecule has 0 spiro atoms. The van der Waals surface area contributed by atoms with Gasteiger partial charge in [0.05, 0.1) is 0 Å². The lowest BCUT2D eigenvalue weighted by molar-refractivity contribution is -0.143. The zero-order valence-electron chi connectivity index (χ0n) is 22.0. The Morgan fingerprint density at radius 3 is 2.21 bits per heavy atom. The van der Waals surface area contributed by atoms with Gasteiger partial charge in [0.2, 0.25) is 11.8 Å². The maximum absolute atomic E-state index is 13.9. The molecule has 4 atom stereocenters. The van der Waals surface area contributed by atoms with Gasteiger partial charge in [-0.1, -0.05) is 30.7 Å². The molecule has 1 fully saturated rings. The first kappa shape index (κ1) is 28.0. The SMILES string of the molecule is Cc1ccc(C)c(C(C(=O)NC(C)(C)C)N(C(=O)C(CS)NC(=O)OC(C)(C)C)C2CC2C)c1. The minimum Gasteiger partial charge on any atom is -0.444 e. The van der Waals surface area contributed by atoms with E-state index in [0.717, 1.165) is 23.1 Å². The van der Waals surface area contributed by atoms with Gasteiger partial charge in [-0.15, -0.1) is 0 Å². The van der Waals surface area contributed by atoms with Crippen LogP contribution in [-0.2, 0) is 14.3 Å². The first-order chi connectivity index (χ1) is 15.5. The van der Waals surface area contributed by atoms with Gasteiger partial charge in [-0.2, -0.15) is 12.6 Å². The second kappa shape index (κ2) is 10.6. The average molecular weight is 492 g/mol. The number of nitrogens with one attached hydrogen (secondary N) is 2. The molecule has 34 heavy (non-hydrogen) atoms. The van der Waals surface area contributed by atoms with Crippen molar-refractivity contribution in [1.29, 1.82) is 0 Å². The van der Waals surface area contributed by atoms with Gasteiger partial charge in [-0.3, -0.25) is 9.59 Å². The van der Waals surface area contributed by atoms with Crippen LogP contribution in [-0.4, -0.2) is 51.8 Å². The maximum atomic E-state index is 13.9. The van der Waals surface area contributed by atoms with Crippen molar-refractivity contribution in [2.75, 3.05) is 5.75 Å². The lowest BCUT2D eigenvalue weighted by Crippen LogP contribution is -2.56. The van der Waals surface area contributed by atoms with Crippen molar-refractivity contribution in [3.63, 3.8) is 0 Å². The van der Waals surface area contributed by atoms with Crippen molar-refractivity contribution in [2.45, 2.75) is 98.0 Å². The van der Waals surface area contributed by atoms with Gasteiger partial charge in [0, 0.05) is 17.3 Å². The summed E-state index contributed by atoms with van der Waals surface area (Å²) < 4.78 is 5.36. The fourth-order valence-electron chi connectivity index (χ4n) is 3.90. The van der Waals surface area contributed by atoms with Crippen molar-refractivity contribution in [3.05, 3.63) is 34.9 Å². The van der Waals surface area contributed by atoms with Crippen LogP contribution in [0.25, 0.3) is 0 Å². The van der Waals surface area contributed by atoms with E-state index in [4.69, 9.17) is 4.74 Å². The van der Waals surface area contributed by atoms with Crippen LogP contribution in [0.3, 0.4) is 0 Å². The molecule has 8 heteroatoms. The molecular weight excluding hydrogens is 450 g/mol.